The van der Waals surface area contributed by atoms with Crippen molar-refractivity contribution in [2.75, 3.05) is 5.32 Å². The number of nitrogens with zero attached hydrogens (tertiary/aromatic N) is 2. The van der Waals surface area contributed by atoms with Gasteiger partial charge < -0.3 is 10.6 Å². The zero-order valence-corrected chi connectivity index (χ0v) is 17.5. The molecule has 1 heterocycles. The number of para-hydroxylation sites is 2. The summed E-state index contributed by atoms with van der Waals surface area (Å²) in [7, 11) is 0. The van der Waals surface area contributed by atoms with Crippen molar-refractivity contribution in [2.24, 2.45) is 0 Å². The van der Waals surface area contributed by atoms with Crippen molar-refractivity contribution in [1.29, 1.82) is 0 Å². The number of hydrogen-bond acceptors (Lipinski definition) is 4. The molecule has 0 spiro atoms. The fourth-order valence-corrected chi connectivity index (χ4v) is 3.45. The van der Waals surface area contributed by atoms with Crippen LogP contribution < -0.4 is 16.2 Å². The van der Waals surface area contributed by atoms with E-state index in [1.807, 2.05) is 37.3 Å². The summed E-state index contributed by atoms with van der Waals surface area (Å²) in [6.45, 7) is 1.68. The monoisotopic (exact) mass is 426 g/mol. The Morgan fingerprint density at radius 3 is 2.44 bits per heavy atom. The summed E-state index contributed by atoms with van der Waals surface area (Å²) < 4.78 is 1.25. The topological polar surface area (TPSA) is 93.1 Å². The first-order valence-corrected chi connectivity index (χ1v) is 10.2. The Hall–Kier alpha value is -4.26. The van der Waals surface area contributed by atoms with Gasteiger partial charge in [-0.3, -0.25) is 19.0 Å². The lowest BCUT2D eigenvalue weighted by atomic mass is 10.1. The molecule has 4 aromatic rings. The molecule has 3 aromatic carbocycles. The molecule has 0 saturated heterocycles. The van der Waals surface area contributed by atoms with Crippen LogP contribution in [-0.4, -0.2) is 21.4 Å². The number of carbonyl (C=O) groups is 2. The summed E-state index contributed by atoms with van der Waals surface area (Å²) in [5.74, 6) is -0.734. The van der Waals surface area contributed by atoms with Gasteiger partial charge in [0.15, 0.2) is 0 Å². The summed E-state index contributed by atoms with van der Waals surface area (Å²) >= 11 is 0. The van der Waals surface area contributed by atoms with Crippen molar-refractivity contribution in [3.8, 4) is 0 Å². The third kappa shape index (κ3) is 4.57. The van der Waals surface area contributed by atoms with Gasteiger partial charge in [0.2, 0.25) is 5.91 Å². The molecule has 0 fully saturated rings. The normalized spacial score (nSPS) is 11.7. The Bertz CT molecular complexity index is 1330. The predicted octanol–water partition coefficient (Wildman–Crippen LogP) is 3.53. The van der Waals surface area contributed by atoms with Crippen LogP contribution in [0.1, 0.15) is 28.9 Å². The molecule has 0 aliphatic carbocycles. The lowest BCUT2D eigenvalue weighted by Crippen LogP contribution is -2.30. The van der Waals surface area contributed by atoms with E-state index in [4.69, 9.17) is 0 Å². The van der Waals surface area contributed by atoms with Crippen molar-refractivity contribution < 1.29 is 9.59 Å². The summed E-state index contributed by atoms with van der Waals surface area (Å²) in [6, 6.07) is 23.1. The van der Waals surface area contributed by atoms with Crippen molar-refractivity contribution in [3.63, 3.8) is 0 Å². The van der Waals surface area contributed by atoms with Gasteiger partial charge in [-0.05, 0) is 36.8 Å². The van der Waals surface area contributed by atoms with E-state index < -0.39 is 5.91 Å². The zero-order chi connectivity index (χ0) is 22.5. The van der Waals surface area contributed by atoms with Gasteiger partial charge >= 0.3 is 0 Å². The number of hydrogen-bond donors (Lipinski definition) is 2. The van der Waals surface area contributed by atoms with Gasteiger partial charge in [-0.1, -0.05) is 54.6 Å². The van der Waals surface area contributed by atoms with Gasteiger partial charge in [0, 0.05) is 0 Å². The molecule has 7 heteroatoms. The fraction of sp³-hybridized carbons (Fsp3) is 0.120. The van der Waals surface area contributed by atoms with Crippen LogP contribution in [0.5, 0.6) is 0 Å². The lowest BCUT2D eigenvalue weighted by molar-refractivity contribution is -0.116. The summed E-state index contributed by atoms with van der Waals surface area (Å²) in [6.07, 6.45) is 1.35. The van der Waals surface area contributed by atoms with E-state index in [9.17, 15) is 14.4 Å². The molecule has 1 atom stereocenters. The molecule has 160 valence electrons. The van der Waals surface area contributed by atoms with E-state index in [0.29, 0.717) is 22.2 Å². The number of anilines is 1. The molecule has 4 rings (SSSR count). The highest BCUT2D eigenvalue weighted by atomic mass is 16.2. The number of benzene rings is 3. The van der Waals surface area contributed by atoms with E-state index >= 15 is 0 Å². The van der Waals surface area contributed by atoms with E-state index in [0.717, 1.165) is 5.56 Å². The fourth-order valence-electron chi connectivity index (χ4n) is 3.45. The molecule has 2 amide bonds. The van der Waals surface area contributed by atoms with E-state index in [1.54, 1.807) is 48.5 Å². The minimum absolute atomic E-state index is 0.199. The maximum atomic E-state index is 12.9. The highest BCUT2D eigenvalue weighted by Gasteiger charge is 2.16. The molecule has 32 heavy (non-hydrogen) atoms. The summed E-state index contributed by atoms with van der Waals surface area (Å²) in [4.78, 5) is 42.4. The van der Waals surface area contributed by atoms with Crippen LogP contribution in [0, 0.1) is 0 Å². The molecule has 0 saturated carbocycles. The van der Waals surface area contributed by atoms with Gasteiger partial charge in [0.1, 0.15) is 6.54 Å². The molecular formula is C25H22N4O3. The first kappa shape index (κ1) is 21.0. The van der Waals surface area contributed by atoms with Crippen LogP contribution in [0.25, 0.3) is 10.9 Å². The van der Waals surface area contributed by atoms with Crippen LogP contribution in [0.4, 0.5) is 5.69 Å². The number of rotatable bonds is 6. The molecule has 0 aliphatic rings. The number of amides is 2. The van der Waals surface area contributed by atoms with E-state index in [2.05, 4.69) is 15.6 Å². The quantitative estimate of drug-likeness (QED) is 0.493. The minimum Gasteiger partial charge on any atom is -0.345 e. The number of aromatic nitrogens is 2. The highest BCUT2D eigenvalue weighted by molar-refractivity contribution is 6.03. The largest absolute Gasteiger partial charge is 0.345 e. The van der Waals surface area contributed by atoms with Crippen molar-refractivity contribution >= 4 is 28.4 Å². The average Bonchev–Trinajstić information content (AvgIpc) is 2.82. The zero-order valence-electron chi connectivity index (χ0n) is 17.5. The minimum atomic E-state index is -0.430. The second kappa shape index (κ2) is 9.26. The Kier molecular flexibility index (Phi) is 6.07. The van der Waals surface area contributed by atoms with Crippen molar-refractivity contribution in [2.45, 2.75) is 19.5 Å². The van der Waals surface area contributed by atoms with Crippen LogP contribution in [0.15, 0.2) is 90.0 Å². The average molecular weight is 426 g/mol. The Morgan fingerprint density at radius 1 is 0.938 bits per heavy atom. The lowest BCUT2D eigenvalue weighted by Gasteiger charge is -2.16. The Morgan fingerprint density at radius 2 is 1.62 bits per heavy atom. The number of fused-ring (bicyclic) bond motifs is 1. The summed E-state index contributed by atoms with van der Waals surface area (Å²) in [5.41, 5.74) is 1.97. The molecule has 0 unspecified atom stereocenters. The van der Waals surface area contributed by atoms with Crippen LogP contribution in [0.2, 0.25) is 0 Å². The van der Waals surface area contributed by atoms with Crippen LogP contribution >= 0.6 is 0 Å². The van der Waals surface area contributed by atoms with Gasteiger partial charge in [0.05, 0.1) is 34.5 Å². The molecule has 1 aromatic heterocycles. The molecular weight excluding hydrogens is 404 g/mol. The van der Waals surface area contributed by atoms with E-state index in [1.165, 1.54) is 10.9 Å². The predicted molar refractivity (Wildman–Crippen MR) is 123 cm³/mol. The van der Waals surface area contributed by atoms with Crippen LogP contribution in [0.3, 0.4) is 0 Å². The highest BCUT2D eigenvalue weighted by Crippen LogP contribution is 2.18. The molecule has 0 radical (unpaired) electrons. The first-order chi connectivity index (χ1) is 15.5. The Labute approximate surface area is 184 Å². The standard InChI is InChI=1S/C25H22N4O3/c1-17(18-9-3-2-4-10-18)27-24(31)19-11-5-8-14-22(19)28-23(30)15-29-16-26-21-13-7-6-12-20(21)25(29)32/h2-14,16-17H,15H2,1H3,(H,27,31)(H,28,30)/t17-/m0/s1. The Balaban J connectivity index is 1.49. The van der Waals surface area contributed by atoms with Gasteiger partial charge in [-0.2, -0.15) is 0 Å². The van der Waals surface area contributed by atoms with Crippen LogP contribution in [-0.2, 0) is 11.3 Å². The maximum absolute atomic E-state index is 12.9. The van der Waals surface area contributed by atoms with Gasteiger partial charge in [-0.15, -0.1) is 0 Å². The van der Waals surface area contributed by atoms with Gasteiger partial charge in [0.25, 0.3) is 11.5 Å². The van der Waals surface area contributed by atoms with Crippen molar-refractivity contribution in [3.05, 3.63) is 107 Å². The smallest absolute Gasteiger partial charge is 0.261 e. The third-order valence-electron chi connectivity index (χ3n) is 5.14. The summed E-state index contributed by atoms with van der Waals surface area (Å²) in [5, 5.41) is 6.13. The molecule has 2 N–H and O–H groups in total. The molecule has 0 aliphatic heterocycles. The molecule has 7 nitrogen and oxygen atoms in total. The first-order valence-electron chi connectivity index (χ1n) is 10.2. The van der Waals surface area contributed by atoms with Crippen molar-refractivity contribution in [1.82, 2.24) is 14.9 Å². The second-order valence-electron chi connectivity index (χ2n) is 7.39. The number of carbonyl (C=O) groups excluding carboxylic acids is 2. The second-order valence-corrected chi connectivity index (χ2v) is 7.39. The molecule has 0 bridgehead atoms. The number of nitrogens with one attached hydrogen (secondary N) is 2. The third-order valence-corrected chi connectivity index (χ3v) is 5.14. The SMILES string of the molecule is C[C@H](NC(=O)c1ccccc1NC(=O)Cn1cnc2ccccc2c1=O)c1ccccc1. The van der Waals surface area contributed by atoms with Gasteiger partial charge in [-0.25, -0.2) is 4.98 Å². The maximum Gasteiger partial charge on any atom is 0.261 e. The van der Waals surface area contributed by atoms with E-state index in [-0.39, 0.29) is 24.1 Å².